The molecule has 1 aliphatic rings. The molecule has 2 rings (SSSR count). The molecule has 0 amide bonds. The number of hydrogen-bond acceptors (Lipinski definition) is 2. The van der Waals surface area contributed by atoms with Crippen molar-refractivity contribution in [3.8, 4) is 0 Å². The lowest BCUT2D eigenvalue weighted by Crippen LogP contribution is -2.25. The fourth-order valence-corrected chi connectivity index (χ4v) is 2.09. The van der Waals surface area contributed by atoms with Gasteiger partial charge in [-0.15, -0.1) is 11.8 Å². The first-order valence-electron chi connectivity index (χ1n) is 4.85. The van der Waals surface area contributed by atoms with E-state index in [1.54, 1.807) is 6.26 Å². The van der Waals surface area contributed by atoms with Crippen molar-refractivity contribution in [2.75, 3.05) is 6.26 Å². The molecule has 0 bridgehead atoms. The zero-order chi connectivity index (χ0) is 11.1. The Morgan fingerprint density at radius 1 is 1.40 bits per heavy atom. The van der Waals surface area contributed by atoms with Crippen molar-refractivity contribution in [3.05, 3.63) is 29.3 Å². The Morgan fingerprint density at radius 3 is 2.60 bits per heavy atom. The van der Waals surface area contributed by atoms with E-state index in [-0.39, 0.29) is 11.1 Å². The lowest BCUT2D eigenvalue weighted by Gasteiger charge is -2.12. The van der Waals surface area contributed by atoms with Crippen molar-refractivity contribution in [2.45, 2.75) is 29.7 Å². The first-order chi connectivity index (χ1) is 7.06. The van der Waals surface area contributed by atoms with E-state index in [4.69, 9.17) is 5.73 Å². The first kappa shape index (κ1) is 10.9. The molecule has 0 radical (unpaired) electrons. The molecule has 0 unspecified atom stereocenters. The Hall–Kier alpha value is -0.610. The summed E-state index contributed by atoms with van der Waals surface area (Å²) in [7, 11) is 0. The Labute approximate surface area is 92.0 Å². The molecule has 1 fully saturated rings. The van der Waals surface area contributed by atoms with Crippen molar-refractivity contribution in [1.82, 2.24) is 0 Å². The van der Waals surface area contributed by atoms with E-state index in [0.29, 0.717) is 11.3 Å². The summed E-state index contributed by atoms with van der Waals surface area (Å²) in [5.74, 6) is -0.929. The second-order valence-electron chi connectivity index (χ2n) is 4.08. The van der Waals surface area contributed by atoms with E-state index >= 15 is 0 Å². The van der Waals surface area contributed by atoms with E-state index < -0.39 is 11.6 Å². The molecule has 1 saturated carbocycles. The molecule has 0 aromatic heterocycles. The van der Waals surface area contributed by atoms with Gasteiger partial charge < -0.3 is 5.73 Å². The monoisotopic (exact) mass is 229 g/mol. The van der Waals surface area contributed by atoms with Crippen LogP contribution in [0.25, 0.3) is 0 Å². The van der Waals surface area contributed by atoms with Gasteiger partial charge in [-0.2, -0.15) is 0 Å². The molecule has 82 valence electrons. The van der Waals surface area contributed by atoms with Crippen molar-refractivity contribution in [2.24, 2.45) is 5.73 Å². The van der Waals surface area contributed by atoms with Crippen LogP contribution in [0.3, 0.4) is 0 Å². The van der Waals surface area contributed by atoms with Gasteiger partial charge in [0.25, 0.3) is 0 Å². The van der Waals surface area contributed by atoms with E-state index in [1.165, 1.54) is 23.9 Å². The van der Waals surface area contributed by atoms with Crippen LogP contribution in [0.5, 0.6) is 0 Å². The molecular formula is C11H13F2NS. The summed E-state index contributed by atoms with van der Waals surface area (Å²) in [6.45, 7) is 0. The van der Waals surface area contributed by atoms with Gasteiger partial charge in [0.05, 0.1) is 0 Å². The zero-order valence-electron chi connectivity index (χ0n) is 8.52. The number of nitrogens with two attached hydrogens (primary N) is 1. The minimum Gasteiger partial charge on any atom is -0.325 e. The molecule has 0 atom stereocenters. The summed E-state index contributed by atoms with van der Waals surface area (Å²) in [4.78, 5) is 0.482. The molecule has 1 aliphatic carbocycles. The quantitative estimate of drug-likeness (QED) is 0.806. The highest BCUT2D eigenvalue weighted by Gasteiger charge is 2.39. The molecule has 2 N–H and O–H groups in total. The van der Waals surface area contributed by atoms with Gasteiger partial charge in [0, 0.05) is 16.0 Å². The van der Waals surface area contributed by atoms with E-state index in [2.05, 4.69) is 0 Å². The number of thioether (sulfide) groups is 1. The van der Waals surface area contributed by atoms with Crippen LogP contribution >= 0.6 is 11.8 Å². The van der Waals surface area contributed by atoms with Crippen molar-refractivity contribution < 1.29 is 8.78 Å². The van der Waals surface area contributed by atoms with Crippen LogP contribution < -0.4 is 5.73 Å². The molecule has 0 aliphatic heterocycles. The third-order valence-corrected chi connectivity index (χ3v) is 3.55. The first-order valence-corrected chi connectivity index (χ1v) is 6.08. The lowest BCUT2D eigenvalue weighted by molar-refractivity contribution is 0.517. The molecule has 0 spiro atoms. The van der Waals surface area contributed by atoms with Gasteiger partial charge in [-0.3, -0.25) is 0 Å². The molecule has 4 heteroatoms. The molecule has 0 heterocycles. The fourth-order valence-electron chi connectivity index (χ4n) is 1.59. The molecule has 1 nitrogen and oxygen atoms in total. The van der Waals surface area contributed by atoms with Gasteiger partial charge in [0.1, 0.15) is 11.6 Å². The standard InChI is InChI=1S/C11H13F2NS/c1-15-9-3-2-8(12)7(10(9)13)6-11(14)4-5-11/h2-3H,4-6,14H2,1H3. The van der Waals surface area contributed by atoms with Gasteiger partial charge in [-0.05, 0) is 37.7 Å². The lowest BCUT2D eigenvalue weighted by atomic mass is 10.0. The Kier molecular flexibility index (Phi) is 2.73. The van der Waals surface area contributed by atoms with E-state index in [9.17, 15) is 8.78 Å². The largest absolute Gasteiger partial charge is 0.325 e. The normalized spacial score (nSPS) is 17.9. The highest BCUT2D eigenvalue weighted by Crippen LogP contribution is 2.37. The highest BCUT2D eigenvalue weighted by atomic mass is 32.2. The van der Waals surface area contributed by atoms with Gasteiger partial charge in [0.2, 0.25) is 0 Å². The molecule has 1 aromatic carbocycles. The average molecular weight is 229 g/mol. The van der Waals surface area contributed by atoms with Gasteiger partial charge in [-0.1, -0.05) is 0 Å². The van der Waals surface area contributed by atoms with Crippen molar-refractivity contribution in [3.63, 3.8) is 0 Å². The minimum atomic E-state index is -0.484. The topological polar surface area (TPSA) is 26.0 Å². The fraction of sp³-hybridized carbons (Fsp3) is 0.455. The van der Waals surface area contributed by atoms with E-state index in [0.717, 1.165) is 12.8 Å². The van der Waals surface area contributed by atoms with Crippen molar-refractivity contribution in [1.29, 1.82) is 0 Å². The van der Waals surface area contributed by atoms with Crippen LogP contribution in [0.4, 0.5) is 8.78 Å². The second-order valence-corrected chi connectivity index (χ2v) is 4.93. The van der Waals surface area contributed by atoms with Gasteiger partial charge >= 0.3 is 0 Å². The Balaban J connectivity index is 2.35. The number of benzene rings is 1. The third-order valence-electron chi connectivity index (χ3n) is 2.79. The number of hydrogen-bond donors (Lipinski definition) is 1. The Morgan fingerprint density at radius 2 is 2.07 bits per heavy atom. The number of rotatable bonds is 3. The smallest absolute Gasteiger partial charge is 0.142 e. The number of halogens is 2. The summed E-state index contributed by atoms with van der Waals surface area (Å²) in [6, 6.07) is 2.78. The summed E-state index contributed by atoms with van der Waals surface area (Å²) < 4.78 is 27.2. The molecule has 1 aromatic rings. The maximum atomic E-state index is 13.8. The maximum absolute atomic E-state index is 13.8. The second kappa shape index (κ2) is 3.76. The summed E-state index contributed by atoms with van der Waals surface area (Å²) >= 11 is 1.28. The molecule has 0 saturated heterocycles. The summed E-state index contributed by atoms with van der Waals surface area (Å²) in [6.07, 6.45) is 3.79. The predicted molar refractivity (Wildman–Crippen MR) is 58.0 cm³/mol. The van der Waals surface area contributed by atoms with Crippen molar-refractivity contribution >= 4 is 11.8 Å². The summed E-state index contributed by atoms with van der Waals surface area (Å²) in [5, 5.41) is 0. The summed E-state index contributed by atoms with van der Waals surface area (Å²) in [5.41, 5.74) is 5.65. The van der Waals surface area contributed by atoms with Crippen LogP contribution in [0.1, 0.15) is 18.4 Å². The minimum absolute atomic E-state index is 0.141. The Bertz CT molecular complexity index is 388. The molecular weight excluding hydrogens is 216 g/mol. The van der Waals surface area contributed by atoms with Crippen LogP contribution in [-0.2, 0) is 6.42 Å². The van der Waals surface area contributed by atoms with E-state index in [1.807, 2.05) is 0 Å². The van der Waals surface area contributed by atoms with Crippen LogP contribution in [-0.4, -0.2) is 11.8 Å². The van der Waals surface area contributed by atoms with Gasteiger partial charge in [-0.25, -0.2) is 8.78 Å². The average Bonchev–Trinajstić information content (AvgIpc) is 2.92. The third kappa shape index (κ3) is 2.16. The molecule has 15 heavy (non-hydrogen) atoms. The maximum Gasteiger partial charge on any atom is 0.142 e. The SMILES string of the molecule is CSc1ccc(F)c(CC2(N)CC2)c1F. The zero-order valence-corrected chi connectivity index (χ0v) is 9.33. The predicted octanol–water partition coefficient (Wildman–Crippen LogP) is 2.72. The highest BCUT2D eigenvalue weighted by molar-refractivity contribution is 7.98. The van der Waals surface area contributed by atoms with Crippen LogP contribution in [0.2, 0.25) is 0 Å². The van der Waals surface area contributed by atoms with Crippen LogP contribution in [0.15, 0.2) is 17.0 Å². The van der Waals surface area contributed by atoms with Gasteiger partial charge in [0.15, 0.2) is 0 Å². The van der Waals surface area contributed by atoms with Crippen LogP contribution in [0, 0.1) is 11.6 Å².